The molecule has 0 saturated carbocycles. The lowest BCUT2D eigenvalue weighted by molar-refractivity contribution is -0.135. The third-order valence-corrected chi connectivity index (χ3v) is 4.43. The number of nitrogens with zero attached hydrogens (tertiary/aromatic N) is 2. The number of rotatable bonds is 7. The minimum Gasteiger partial charge on any atom is -0.340 e. The van der Waals surface area contributed by atoms with Crippen LogP contribution < -0.4 is 5.32 Å². The second-order valence-corrected chi connectivity index (χ2v) is 6.83. The van der Waals surface area contributed by atoms with Gasteiger partial charge in [0.05, 0.1) is 12.6 Å². The van der Waals surface area contributed by atoms with Crippen LogP contribution in [0.4, 0.5) is 10.1 Å². The molecular weight excluding hydrogens is 345 g/mol. The van der Waals surface area contributed by atoms with Crippen molar-refractivity contribution in [1.29, 1.82) is 0 Å². The topological polar surface area (TPSA) is 52.7 Å². The van der Waals surface area contributed by atoms with Gasteiger partial charge in [-0.25, -0.2) is 4.39 Å². The van der Waals surface area contributed by atoms with Gasteiger partial charge in [-0.15, -0.1) is 0 Å². The van der Waals surface area contributed by atoms with Gasteiger partial charge in [0.2, 0.25) is 11.8 Å². The van der Waals surface area contributed by atoms with Gasteiger partial charge in [0.1, 0.15) is 5.82 Å². The van der Waals surface area contributed by atoms with Crippen LogP contribution in [-0.4, -0.2) is 48.3 Å². The molecule has 0 aliphatic heterocycles. The summed E-state index contributed by atoms with van der Waals surface area (Å²) in [6.07, 6.45) is 0. The molecule has 0 spiro atoms. The number of aryl methyl sites for hydroxylation is 1. The fourth-order valence-corrected chi connectivity index (χ4v) is 2.70. The van der Waals surface area contributed by atoms with Gasteiger partial charge >= 0.3 is 0 Å². The van der Waals surface area contributed by atoms with E-state index in [1.165, 1.54) is 17.0 Å². The fraction of sp³-hybridized carbons (Fsp3) is 0.333. The Hall–Kier alpha value is -2.73. The second kappa shape index (κ2) is 9.28. The molecule has 0 aromatic heterocycles. The van der Waals surface area contributed by atoms with Gasteiger partial charge in [-0.1, -0.05) is 29.8 Å². The number of halogens is 1. The van der Waals surface area contributed by atoms with Crippen molar-refractivity contribution in [2.45, 2.75) is 26.4 Å². The highest BCUT2D eigenvalue weighted by molar-refractivity contribution is 5.92. The lowest BCUT2D eigenvalue weighted by Crippen LogP contribution is -2.46. The van der Waals surface area contributed by atoms with Crippen molar-refractivity contribution in [3.8, 4) is 0 Å². The molecule has 1 atom stereocenters. The van der Waals surface area contributed by atoms with E-state index in [9.17, 15) is 14.0 Å². The van der Waals surface area contributed by atoms with E-state index in [1.54, 1.807) is 38.1 Å². The Bertz CT molecular complexity index is 792. The van der Waals surface area contributed by atoms with Crippen LogP contribution in [0.15, 0.2) is 48.5 Å². The predicted molar refractivity (Wildman–Crippen MR) is 105 cm³/mol. The molecule has 0 radical (unpaired) electrons. The number of hydrogen-bond acceptors (Lipinski definition) is 3. The van der Waals surface area contributed by atoms with Crippen molar-refractivity contribution < 1.29 is 14.0 Å². The third-order valence-electron chi connectivity index (χ3n) is 4.43. The van der Waals surface area contributed by atoms with Gasteiger partial charge in [0, 0.05) is 19.3 Å². The van der Waals surface area contributed by atoms with Gasteiger partial charge in [0.15, 0.2) is 0 Å². The Kier molecular flexibility index (Phi) is 7.07. The van der Waals surface area contributed by atoms with Gasteiger partial charge in [-0.3, -0.25) is 14.5 Å². The van der Waals surface area contributed by atoms with Crippen molar-refractivity contribution in [2.24, 2.45) is 0 Å². The molecule has 5 nitrogen and oxygen atoms in total. The third kappa shape index (κ3) is 6.18. The number of hydrogen-bond donors (Lipinski definition) is 1. The van der Waals surface area contributed by atoms with E-state index >= 15 is 0 Å². The Labute approximate surface area is 159 Å². The van der Waals surface area contributed by atoms with E-state index in [1.807, 2.05) is 31.2 Å². The van der Waals surface area contributed by atoms with Crippen LogP contribution in [0.3, 0.4) is 0 Å². The zero-order valence-electron chi connectivity index (χ0n) is 16.2. The molecule has 0 bridgehead atoms. The lowest BCUT2D eigenvalue weighted by Gasteiger charge is -2.28. The van der Waals surface area contributed by atoms with Gasteiger partial charge in [-0.05, 0) is 50.7 Å². The molecule has 2 amide bonds. The fourth-order valence-electron chi connectivity index (χ4n) is 2.70. The quantitative estimate of drug-likeness (QED) is 0.814. The Morgan fingerprint density at radius 2 is 1.78 bits per heavy atom. The van der Waals surface area contributed by atoms with Crippen LogP contribution >= 0.6 is 0 Å². The van der Waals surface area contributed by atoms with E-state index < -0.39 is 6.04 Å². The minimum atomic E-state index is -0.479. The van der Waals surface area contributed by atoms with Crippen LogP contribution in [0.5, 0.6) is 0 Å². The van der Waals surface area contributed by atoms with Crippen LogP contribution in [0, 0.1) is 12.7 Å². The van der Waals surface area contributed by atoms with E-state index in [2.05, 4.69) is 5.32 Å². The molecule has 2 aromatic rings. The number of likely N-dealkylation sites (N-methyl/N-ethyl adjacent to an activating group) is 2. The SMILES string of the molecule is Cc1ccc(NC(=O)CN(C)[C@@H](C)C(=O)N(C)Cc2cccc(F)c2)cc1. The summed E-state index contributed by atoms with van der Waals surface area (Å²) in [5, 5.41) is 2.82. The van der Waals surface area contributed by atoms with E-state index in [4.69, 9.17) is 0 Å². The molecule has 0 aliphatic carbocycles. The van der Waals surface area contributed by atoms with Crippen LogP contribution in [-0.2, 0) is 16.1 Å². The van der Waals surface area contributed by atoms with Crippen LogP contribution in [0.1, 0.15) is 18.1 Å². The maximum atomic E-state index is 13.3. The molecule has 0 aliphatic rings. The van der Waals surface area contributed by atoms with Crippen molar-refractivity contribution in [1.82, 2.24) is 9.80 Å². The molecule has 144 valence electrons. The van der Waals surface area contributed by atoms with Gasteiger partial charge in [0.25, 0.3) is 0 Å². The Morgan fingerprint density at radius 3 is 2.41 bits per heavy atom. The molecular formula is C21H26FN3O2. The maximum absolute atomic E-state index is 13.3. The number of amides is 2. The average Bonchev–Trinajstić information content (AvgIpc) is 2.62. The molecule has 0 unspecified atom stereocenters. The van der Waals surface area contributed by atoms with Crippen LogP contribution in [0.2, 0.25) is 0 Å². The molecule has 1 N–H and O–H groups in total. The highest BCUT2D eigenvalue weighted by Crippen LogP contribution is 2.10. The number of carbonyl (C=O) groups excluding carboxylic acids is 2. The summed E-state index contributed by atoms with van der Waals surface area (Å²) in [7, 11) is 3.40. The smallest absolute Gasteiger partial charge is 0.239 e. The summed E-state index contributed by atoms with van der Waals surface area (Å²) < 4.78 is 13.3. The van der Waals surface area contributed by atoms with Crippen molar-refractivity contribution in [2.75, 3.05) is 26.0 Å². The highest BCUT2D eigenvalue weighted by atomic mass is 19.1. The molecule has 0 fully saturated rings. The summed E-state index contributed by atoms with van der Waals surface area (Å²) in [6, 6.07) is 13.2. The molecule has 6 heteroatoms. The zero-order valence-corrected chi connectivity index (χ0v) is 16.2. The van der Waals surface area contributed by atoms with E-state index in [0.29, 0.717) is 6.54 Å². The first-order chi connectivity index (χ1) is 12.8. The number of benzene rings is 2. The average molecular weight is 371 g/mol. The summed E-state index contributed by atoms with van der Waals surface area (Å²) >= 11 is 0. The lowest BCUT2D eigenvalue weighted by atomic mass is 10.2. The van der Waals surface area contributed by atoms with Crippen molar-refractivity contribution in [3.05, 3.63) is 65.5 Å². The summed E-state index contributed by atoms with van der Waals surface area (Å²) in [6.45, 7) is 4.13. The monoisotopic (exact) mass is 371 g/mol. The predicted octanol–water partition coefficient (Wildman–Crippen LogP) is 3.05. The number of carbonyl (C=O) groups is 2. The molecule has 0 heterocycles. The molecule has 0 saturated heterocycles. The van der Waals surface area contributed by atoms with Crippen molar-refractivity contribution >= 4 is 17.5 Å². The summed E-state index contributed by atoms with van der Waals surface area (Å²) in [5.41, 5.74) is 2.56. The maximum Gasteiger partial charge on any atom is 0.239 e. The van der Waals surface area contributed by atoms with Gasteiger partial charge < -0.3 is 10.2 Å². The second-order valence-electron chi connectivity index (χ2n) is 6.83. The van der Waals surface area contributed by atoms with Crippen molar-refractivity contribution in [3.63, 3.8) is 0 Å². The molecule has 2 rings (SSSR count). The first-order valence-electron chi connectivity index (χ1n) is 8.82. The molecule has 27 heavy (non-hydrogen) atoms. The zero-order chi connectivity index (χ0) is 20.0. The Morgan fingerprint density at radius 1 is 1.11 bits per heavy atom. The number of nitrogens with one attached hydrogen (secondary N) is 1. The first-order valence-corrected chi connectivity index (χ1v) is 8.82. The Balaban J connectivity index is 1.88. The van der Waals surface area contributed by atoms with E-state index in [0.717, 1.165) is 16.8 Å². The molecule has 2 aromatic carbocycles. The van der Waals surface area contributed by atoms with E-state index in [-0.39, 0.29) is 24.2 Å². The highest BCUT2D eigenvalue weighted by Gasteiger charge is 2.23. The largest absolute Gasteiger partial charge is 0.340 e. The number of anilines is 1. The summed E-state index contributed by atoms with van der Waals surface area (Å²) in [4.78, 5) is 28.0. The standard InChI is InChI=1S/C21H26FN3O2/c1-15-8-10-19(11-9-15)23-20(26)14-24(3)16(2)21(27)25(4)13-17-6-5-7-18(22)12-17/h5-12,16H,13-14H2,1-4H3,(H,23,26)/t16-/m0/s1. The normalized spacial score (nSPS) is 11.9. The minimum absolute atomic E-state index is 0.0919. The first kappa shape index (κ1) is 20.6. The summed E-state index contributed by atoms with van der Waals surface area (Å²) in [5.74, 6) is -0.648. The van der Waals surface area contributed by atoms with Gasteiger partial charge in [-0.2, -0.15) is 0 Å². The van der Waals surface area contributed by atoms with Crippen LogP contribution in [0.25, 0.3) is 0 Å².